The third kappa shape index (κ3) is 7.19. The van der Waals surface area contributed by atoms with Gasteiger partial charge in [0, 0.05) is 12.1 Å². The molecule has 2 rings (SSSR count). The summed E-state index contributed by atoms with van der Waals surface area (Å²) in [5.41, 5.74) is 1.46. The molecule has 0 saturated carbocycles. The molecule has 0 aromatic heterocycles. The zero-order valence-corrected chi connectivity index (χ0v) is 17.6. The molecule has 7 heteroatoms. The van der Waals surface area contributed by atoms with E-state index < -0.39 is 0 Å². The number of rotatable bonds is 9. The molecule has 0 unspecified atom stereocenters. The lowest BCUT2D eigenvalue weighted by atomic mass is 10.1. The molecule has 0 radical (unpaired) electrons. The number of carbonyl (C=O) groups excluding carboxylic acids is 2. The summed E-state index contributed by atoms with van der Waals surface area (Å²) in [5.74, 6) is 0.195. The molecular weight excluding hydrogens is 386 g/mol. The molecule has 0 spiro atoms. The Morgan fingerprint density at radius 2 is 1.69 bits per heavy atom. The van der Waals surface area contributed by atoms with Gasteiger partial charge < -0.3 is 15.4 Å². The number of benzene rings is 2. The van der Waals surface area contributed by atoms with Crippen LogP contribution in [0.2, 0.25) is 0 Å². The van der Waals surface area contributed by atoms with Crippen molar-refractivity contribution in [3.8, 4) is 5.75 Å². The van der Waals surface area contributed by atoms with Crippen molar-refractivity contribution in [2.45, 2.75) is 33.1 Å². The summed E-state index contributed by atoms with van der Waals surface area (Å²) in [5, 5.41) is 8.51. The van der Waals surface area contributed by atoms with E-state index in [4.69, 9.17) is 17.0 Å². The maximum atomic E-state index is 12.4. The molecule has 0 aliphatic heterocycles. The highest BCUT2D eigenvalue weighted by molar-refractivity contribution is 7.80. The van der Waals surface area contributed by atoms with Crippen molar-refractivity contribution in [3.05, 3.63) is 59.7 Å². The van der Waals surface area contributed by atoms with E-state index in [1.807, 2.05) is 6.92 Å². The molecule has 2 aromatic carbocycles. The van der Waals surface area contributed by atoms with Gasteiger partial charge in [-0.1, -0.05) is 32.4 Å². The van der Waals surface area contributed by atoms with Gasteiger partial charge in [0.1, 0.15) is 5.75 Å². The summed E-state index contributed by atoms with van der Waals surface area (Å²) < 4.78 is 5.60. The molecule has 2 amide bonds. The van der Waals surface area contributed by atoms with E-state index in [9.17, 15) is 9.59 Å². The predicted molar refractivity (Wildman–Crippen MR) is 120 cm³/mol. The Labute approximate surface area is 177 Å². The molecule has 6 nitrogen and oxygen atoms in total. The minimum Gasteiger partial charge on any atom is -0.494 e. The molecule has 29 heavy (non-hydrogen) atoms. The van der Waals surface area contributed by atoms with Gasteiger partial charge in [-0.3, -0.25) is 14.9 Å². The van der Waals surface area contributed by atoms with Crippen LogP contribution in [0.25, 0.3) is 0 Å². The summed E-state index contributed by atoms with van der Waals surface area (Å²) in [4.78, 5) is 24.7. The maximum absolute atomic E-state index is 12.4. The van der Waals surface area contributed by atoms with Gasteiger partial charge in [0.05, 0.1) is 17.9 Å². The van der Waals surface area contributed by atoms with Crippen LogP contribution in [0.15, 0.2) is 48.5 Å². The Bertz CT molecular complexity index is 837. The second-order valence-electron chi connectivity index (χ2n) is 6.44. The average Bonchev–Trinajstić information content (AvgIpc) is 2.73. The molecular formula is C22H27N3O3S. The first kappa shape index (κ1) is 22.4. The molecule has 0 saturated heterocycles. The Morgan fingerprint density at radius 1 is 0.966 bits per heavy atom. The monoisotopic (exact) mass is 413 g/mol. The number of carbonyl (C=O) groups is 2. The Morgan fingerprint density at radius 3 is 2.38 bits per heavy atom. The topological polar surface area (TPSA) is 79.5 Å². The highest BCUT2D eigenvalue weighted by Crippen LogP contribution is 2.16. The van der Waals surface area contributed by atoms with Gasteiger partial charge in [0.2, 0.25) is 0 Å². The van der Waals surface area contributed by atoms with Crippen LogP contribution in [-0.4, -0.2) is 30.1 Å². The van der Waals surface area contributed by atoms with Crippen molar-refractivity contribution in [2.24, 2.45) is 0 Å². The van der Waals surface area contributed by atoms with Crippen molar-refractivity contribution in [1.82, 2.24) is 10.6 Å². The van der Waals surface area contributed by atoms with Gasteiger partial charge in [0.15, 0.2) is 5.11 Å². The van der Waals surface area contributed by atoms with Crippen molar-refractivity contribution in [2.75, 3.05) is 18.5 Å². The van der Waals surface area contributed by atoms with E-state index in [-0.39, 0.29) is 16.9 Å². The quantitative estimate of drug-likeness (QED) is 0.425. The lowest BCUT2D eigenvalue weighted by molar-refractivity contribution is 0.0952. The number of amides is 2. The molecule has 3 N–H and O–H groups in total. The summed E-state index contributed by atoms with van der Waals surface area (Å²) in [6.45, 7) is 5.33. The van der Waals surface area contributed by atoms with E-state index in [1.54, 1.807) is 48.5 Å². The predicted octanol–water partition coefficient (Wildman–Crippen LogP) is 4.13. The van der Waals surface area contributed by atoms with Gasteiger partial charge in [-0.15, -0.1) is 0 Å². The molecule has 2 aromatic rings. The molecule has 0 atom stereocenters. The van der Waals surface area contributed by atoms with E-state index >= 15 is 0 Å². The van der Waals surface area contributed by atoms with Crippen LogP contribution in [0.3, 0.4) is 0 Å². The van der Waals surface area contributed by atoms with Crippen LogP contribution >= 0.6 is 12.2 Å². The molecule has 0 fully saturated rings. The fourth-order valence-corrected chi connectivity index (χ4v) is 2.69. The minimum atomic E-state index is -0.337. The second kappa shape index (κ2) is 11.8. The largest absolute Gasteiger partial charge is 0.494 e. The minimum absolute atomic E-state index is 0.119. The first-order valence-corrected chi connectivity index (χ1v) is 10.2. The first-order chi connectivity index (χ1) is 14.0. The number of para-hydroxylation sites is 1. The van der Waals surface area contributed by atoms with Crippen LogP contribution in [-0.2, 0) is 0 Å². The van der Waals surface area contributed by atoms with Crippen LogP contribution in [0, 0.1) is 0 Å². The fraction of sp³-hybridized carbons (Fsp3) is 0.318. The molecule has 0 aliphatic rings. The summed E-state index contributed by atoms with van der Waals surface area (Å²) >= 11 is 5.24. The normalized spacial score (nSPS) is 10.1. The lowest BCUT2D eigenvalue weighted by Crippen LogP contribution is -2.35. The highest BCUT2D eigenvalue weighted by atomic mass is 32.1. The smallest absolute Gasteiger partial charge is 0.257 e. The van der Waals surface area contributed by atoms with Gasteiger partial charge in [0.25, 0.3) is 11.8 Å². The van der Waals surface area contributed by atoms with Crippen molar-refractivity contribution in [1.29, 1.82) is 0 Å². The first-order valence-electron chi connectivity index (χ1n) is 9.77. The number of ether oxygens (including phenoxy) is 1. The Kier molecular flexibility index (Phi) is 9.11. The third-order valence-electron chi connectivity index (χ3n) is 4.07. The number of anilines is 1. The van der Waals surface area contributed by atoms with Crippen LogP contribution in [0.1, 0.15) is 53.8 Å². The van der Waals surface area contributed by atoms with E-state index in [1.165, 1.54) is 0 Å². The molecule has 0 aliphatic carbocycles. The number of thiocarbonyl (C=S) groups is 1. The van der Waals surface area contributed by atoms with E-state index in [0.29, 0.717) is 30.0 Å². The van der Waals surface area contributed by atoms with Crippen LogP contribution < -0.4 is 20.7 Å². The van der Waals surface area contributed by atoms with Gasteiger partial charge >= 0.3 is 0 Å². The SMILES string of the molecule is CCCCOc1ccc(C(=O)NC(=S)Nc2ccccc2C(=O)NCCC)cc1. The van der Waals surface area contributed by atoms with Crippen molar-refractivity contribution in [3.63, 3.8) is 0 Å². The Balaban J connectivity index is 1.95. The fourth-order valence-electron chi connectivity index (χ4n) is 2.49. The number of hydrogen-bond donors (Lipinski definition) is 3. The number of nitrogens with one attached hydrogen (secondary N) is 3. The third-order valence-corrected chi connectivity index (χ3v) is 4.27. The van der Waals surface area contributed by atoms with Crippen molar-refractivity contribution >= 4 is 34.8 Å². The standard InChI is InChI=1S/C22H27N3O3S/c1-3-5-15-28-17-12-10-16(11-13-17)20(26)25-22(29)24-19-9-7-6-8-18(19)21(27)23-14-4-2/h6-13H,3-5,14-15H2,1-2H3,(H,23,27)(H2,24,25,26,29). The second-order valence-corrected chi connectivity index (χ2v) is 6.84. The summed E-state index contributed by atoms with van der Waals surface area (Å²) in [6.07, 6.45) is 2.90. The summed E-state index contributed by atoms with van der Waals surface area (Å²) in [7, 11) is 0. The van der Waals surface area contributed by atoms with E-state index in [0.717, 1.165) is 25.0 Å². The molecule has 0 heterocycles. The van der Waals surface area contributed by atoms with Crippen LogP contribution in [0.5, 0.6) is 5.75 Å². The van der Waals surface area contributed by atoms with Crippen molar-refractivity contribution < 1.29 is 14.3 Å². The van der Waals surface area contributed by atoms with Gasteiger partial charge in [-0.2, -0.15) is 0 Å². The zero-order valence-electron chi connectivity index (χ0n) is 16.8. The molecule has 0 bridgehead atoms. The van der Waals surface area contributed by atoms with Gasteiger partial charge in [-0.05, 0) is 61.5 Å². The van der Waals surface area contributed by atoms with Crippen LogP contribution in [0.4, 0.5) is 5.69 Å². The highest BCUT2D eigenvalue weighted by Gasteiger charge is 2.13. The van der Waals surface area contributed by atoms with E-state index in [2.05, 4.69) is 22.9 Å². The maximum Gasteiger partial charge on any atom is 0.257 e. The Hall–Kier alpha value is -2.93. The zero-order chi connectivity index (χ0) is 21.1. The number of hydrogen-bond acceptors (Lipinski definition) is 4. The lowest BCUT2D eigenvalue weighted by Gasteiger charge is -2.13. The summed E-state index contributed by atoms with van der Waals surface area (Å²) in [6, 6.07) is 13.9. The number of unbranched alkanes of at least 4 members (excludes halogenated alkanes) is 1. The average molecular weight is 414 g/mol. The molecule has 154 valence electrons. The van der Waals surface area contributed by atoms with Gasteiger partial charge in [-0.25, -0.2) is 0 Å².